The molecule has 0 aliphatic carbocycles. The summed E-state index contributed by atoms with van der Waals surface area (Å²) in [4.78, 5) is 38.0. The molecule has 0 radical (unpaired) electrons. The Kier molecular flexibility index (Phi) is 55.3. The summed E-state index contributed by atoms with van der Waals surface area (Å²) >= 11 is 0. The largest absolute Gasteiger partial charge is 0.462 e. The van der Waals surface area contributed by atoms with Crippen LogP contribution in [0.25, 0.3) is 0 Å². The number of ether oxygens (including phenoxy) is 3. The predicted octanol–water partition coefficient (Wildman–Crippen LogP) is 20.0. The van der Waals surface area contributed by atoms with Crippen LogP contribution in [-0.2, 0) is 28.6 Å². The zero-order chi connectivity index (χ0) is 50.0. The summed E-state index contributed by atoms with van der Waals surface area (Å²) in [5, 5.41) is 0. The maximum atomic E-state index is 12.8. The Morgan fingerprint density at radius 3 is 0.884 bits per heavy atom. The van der Waals surface area contributed by atoms with Crippen LogP contribution in [0.2, 0.25) is 0 Å². The van der Waals surface area contributed by atoms with Crippen LogP contribution in [-0.4, -0.2) is 37.2 Å². The summed E-state index contributed by atoms with van der Waals surface area (Å²) in [6, 6.07) is 0. The summed E-state index contributed by atoms with van der Waals surface area (Å²) in [7, 11) is 0. The van der Waals surface area contributed by atoms with Crippen molar-refractivity contribution < 1.29 is 28.6 Å². The Labute approximate surface area is 428 Å². The topological polar surface area (TPSA) is 78.9 Å². The van der Waals surface area contributed by atoms with E-state index in [1.807, 2.05) is 0 Å². The van der Waals surface area contributed by atoms with E-state index in [9.17, 15) is 14.4 Å². The summed E-state index contributed by atoms with van der Waals surface area (Å²) in [6.07, 6.45) is 72.4. The Balaban J connectivity index is 4.03. The molecule has 0 aliphatic heterocycles. The molecule has 0 aliphatic rings. The van der Waals surface area contributed by atoms with Crippen molar-refractivity contribution in [2.45, 2.75) is 309 Å². The lowest BCUT2D eigenvalue weighted by molar-refractivity contribution is -0.167. The maximum Gasteiger partial charge on any atom is 0.306 e. The van der Waals surface area contributed by atoms with E-state index in [0.29, 0.717) is 19.3 Å². The van der Waals surface area contributed by atoms with Gasteiger partial charge in [0.15, 0.2) is 6.10 Å². The number of allylic oxidation sites excluding steroid dienone is 10. The quantitative estimate of drug-likeness (QED) is 0.0262. The number of carbonyl (C=O) groups excluding carboxylic acids is 3. The van der Waals surface area contributed by atoms with E-state index in [-0.39, 0.29) is 31.1 Å². The van der Waals surface area contributed by atoms with Gasteiger partial charge in [-0.3, -0.25) is 14.4 Å². The molecule has 0 aromatic carbocycles. The van der Waals surface area contributed by atoms with Gasteiger partial charge in [0.1, 0.15) is 13.2 Å². The van der Waals surface area contributed by atoms with Gasteiger partial charge in [-0.1, -0.05) is 281 Å². The Bertz CT molecular complexity index is 1250. The average molecular weight is 966 g/mol. The second-order valence-electron chi connectivity index (χ2n) is 19.9. The van der Waals surface area contributed by atoms with Gasteiger partial charge in [0.2, 0.25) is 0 Å². The number of hydrogen-bond acceptors (Lipinski definition) is 6. The van der Waals surface area contributed by atoms with Crippen molar-refractivity contribution in [2.24, 2.45) is 0 Å². The van der Waals surface area contributed by atoms with Crippen molar-refractivity contribution in [2.75, 3.05) is 13.2 Å². The molecule has 0 rings (SSSR count). The van der Waals surface area contributed by atoms with E-state index in [1.165, 1.54) is 173 Å². The third-order valence-corrected chi connectivity index (χ3v) is 13.0. The van der Waals surface area contributed by atoms with Gasteiger partial charge in [-0.05, 0) is 64.2 Å². The standard InChI is InChI=1S/C63H112O6/c1-4-7-10-13-16-19-22-23-24-25-26-27-28-29-30-31-32-33-34-35-36-37-38-39-40-41-42-45-47-50-53-56-62(65)68-59-60(69-63(66)57-54-51-48-44-21-18-15-12-9-6-3)58-67-61(64)55-52-49-46-43-20-17-14-11-8-5-2/h7,10,16,19,23-24,26-27,29-30,60H,4-6,8-9,11-15,17-18,20-22,25,28,31-59H2,1-3H3/b10-7-,19-16-,24-23-,27-26-,30-29-. The fourth-order valence-corrected chi connectivity index (χ4v) is 8.59. The number of esters is 3. The molecule has 6 nitrogen and oxygen atoms in total. The van der Waals surface area contributed by atoms with Gasteiger partial charge in [0.25, 0.3) is 0 Å². The van der Waals surface area contributed by atoms with Crippen LogP contribution >= 0.6 is 0 Å². The minimum absolute atomic E-state index is 0.0683. The molecule has 1 atom stereocenters. The molecule has 0 spiro atoms. The third-order valence-electron chi connectivity index (χ3n) is 13.0. The zero-order valence-corrected chi connectivity index (χ0v) is 45.8. The van der Waals surface area contributed by atoms with Crippen LogP contribution in [0.4, 0.5) is 0 Å². The molecule has 0 fully saturated rings. The van der Waals surface area contributed by atoms with Gasteiger partial charge in [-0.25, -0.2) is 0 Å². The highest BCUT2D eigenvalue weighted by molar-refractivity contribution is 5.71. The van der Waals surface area contributed by atoms with E-state index in [4.69, 9.17) is 14.2 Å². The molecule has 0 saturated carbocycles. The molecule has 0 heterocycles. The molecule has 0 amide bonds. The van der Waals surface area contributed by atoms with Crippen LogP contribution in [0.3, 0.4) is 0 Å². The minimum atomic E-state index is -0.766. The first-order valence-electron chi connectivity index (χ1n) is 29.8. The molecule has 400 valence electrons. The van der Waals surface area contributed by atoms with Crippen LogP contribution in [0.5, 0.6) is 0 Å². The number of hydrogen-bond donors (Lipinski definition) is 0. The molecule has 0 aromatic heterocycles. The molecule has 69 heavy (non-hydrogen) atoms. The highest BCUT2D eigenvalue weighted by Gasteiger charge is 2.19. The summed E-state index contributed by atoms with van der Waals surface area (Å²) in [5.41, 5.74) is 0. The molecule has 0 aromatic rings. The molecular weight excluding hydrogens is 853 g/mol. The van der Waals surface area contributed by atoms with Gasteiger partial charge >= 0.3 is 17.9 Å². The van der Waals surface area contributed by atoms with Crippen molar-refractivity contribution in [1.82, 2.24) is 0 Å². The van der Waals surface area contributed by atoms with Crippen molar-refractivity contribution in [1.29, 1.82) is 0 Å². The first-order chi connectivity index (χ1) is 34.0. The molecule has 1 unspecified atom stereocenters. The predicted molar refractivity (Wildman–Crippen MR) is 298 cm³/mol. The Morgan fingerprint density at radius 1 is 0.304 bits per heavy atom. The van der Waals surface area contributed by atoms with Crippen molar-refractivity contribution >= 4 is 17.9 Å². The zero-order valence-electron chi connectivity index (χ0n) is 45.8. The number of unbranched alkanes of at least 4 members (excludes halogenated alkanes) is 33. The average Bonchev–Trinajstić information content (AvgIpc) is 3.35. The van der Waals surface area contributed by atoms with E-state index >= 15 is 0 Å². The molecule has 0 saturated heterocycles. The number of rotatable bonds is 54. The summed E-state index contributed by atoms with van der Waals surface area (Å²) in [6.45, 7) is 6.52. The van der Waals surface area contributed by atoms with Gasteiger partial charge in [-0.15, -0.1) is 0 Å². The third kappa shape index (κ3) is 55.9. The number of carbonyl (C=O) groups is 3. The van der Waals surface area contributed by atoms with E-state index < -0.39 is 6.10 Å². The van der Waals surface area contributed by atoms with E-state index in [2.05, 4.69) is 81.5 Å². The van der Waals surface area contributed by atoms with Crippen molar-refractivity contribution in [3.05, 3.63) is 60.8 Å². The van der Waals surface area contributed by atoms with Crippen LogP contribution in [0.15, 0.2) is 60.8 Å². The highest BCUT2D eigenvalue weighted by Crippen LogP contribution is 2.17. The minimum Gasteiger partial charge on any atom is -0.462 e. The lowest BCUT2D eigenvalue weighted by Gasteiger charge is -2.18. The molecule has 0 N–H and O–H groups in total. The Morgan fingerprint density at radius 2 is 0.565 bits per heavy atom. The SMILES string of the molecule is CC/C=C\C/C=C\C/C=C\C/C=C\C/C=C\CCCCCCCCCCCCCCCCCC(=O)OCC(COC(=O)CCCCCCCCCCCC)OC(=O)CCCCCCCCCCCC. The van der Waals surface area contributed by atoms with Crippen LogP contribution in [0.1, 0.15) is 303 Å². The molecular formula is C63H112O6. The van der Waals surface area contributed by atoms with Crippen molar-refractivity contribution in [3.8, 4) is 0 Å². The van der Waals surface area contributed by atoms with Gasteiger partial charge < -0.3 is 14.2 Å². The fourth-order valence-electron chi connectivity index (χ4n) is 8.59. The lowest BCUT2D eigenvalue weighted by Crippen LogP contribution is -2.30. The van der Waals surface area contributed by atoms with E-state index in [1.54, 1.807) is 0 Å². The molecule has 0 bridgehead atoms. The molecule has 6 heteroatoms. The van der Waals surface area contributed by atoms with Gasteiger partial charge in [0, 0.05) is 19.3 Å². The second-order valence-corrected chi connectivity index (χ2v) is 19.9. The lowest BCUT2D eigenvalue weighted by atomic mass is 10.0. The van der Waals surface area contributed by atoms with Gasteiger partial charge in [0.05, 0.1) is 0 Å². The van der Waals surface area contributed by atoms with Crippen LogP contribution in [0, 0.1) is 0 Å². The maximum absolute atomic E-state index is 12.8. The van der Waals surface area contributed by atoms with E-state index in [0.717, 1.165) is 89.9 Å². The fraction of sp³-hybridized carbons (Fsp3) is 0.794. The first-order valence-corrected chi connectivity index (χ1v) is 29.8. The summed E-state index contributed by atoms with van der Waals surface area (Å²) < 4.78 is 16.8. The summed E-state index contributed by atoms with van der Waals surface area (Å²) in [5.74, 6) is -0.859. The monoisotopic (exact) mass is 965 g/mol. The van der Waals surface area contributed by atoms with Gasteiger partial charge in [-0.2, -0.15) is 0 Å². The first kappa shape index (κ1) is 66.1. The second kappa shape index (κ2) is 57.7. The Hall–Kier alpha value is -2.89. The van der Waals surface area contributed by atoms with Crippen molar-refractivity contribution in [3.63, 3.8) is 0 Å². The highest BCUT2D eigenvalue weighted by atomic mass is 16.6. The van der Waals surface area contributed by atoms with Crippen LogP contribution < -0.4 is 0 Å². The normalized spacial score (nSPS) is 12.4. The smallest absolute Gasteiger partial charge is 0.306 e.